The predicted octanol–water partition coefficient (Wildman–Crippen LogP) is 3.14. The molecule has 1 aromatic carbocycles. The lowest BCUT2D eigenvalue weighted by Gasteiger charge is -2.31. The number of pyridine rings is 2. The summed E-state index contributed by atoms with van der Waals surface area (Å²) in [6.45, 7) is 6.57. The average Bonchev–Trinajstić information content (AvgIpc) is 3.20. The second-order valence-electron chi connectivity index (χ2n) is 9.80. The van der Waals surface area contributed by atoms with Crippen LogP contribution in [0, 0.1) is 10.1 Å². The number of carbonyl (C=O) groups is 1. The Morgan fingerprint density at radius 2 is 2.03 bits per heavy atom. The number of rotatable bonds is 4. The molecule has 0 saturated carbocycles. The number of esters is 1. The number of fused-ring (bicyclic) bond motifs is 5. The van der Waals surface area contributed by atoms with E-state index in [1.54, 1.807) is 12.1 Å². The van der Waals surface area contributed by atoms with Crippen molar-refractivity contribution in [1.82, 2.24) is 9.55 Å². The van der Waals surface area contributed by atoms with Crippen LogP contribution in [-0.4, -0.2) is 37.4 Å². The third-order valence-corrected chi connectivity index (χ3v) is 6.42. The number of benzene rings is 1. The van der Waals surface area contributed by atoms with Crippen LogP contribution in [0.4, 0.5) is 5.69 Å². The van der Waals surface area contributed by atoms with Gasteiger partial charge in [-0.25, -0.2) is 9.78 Å². The van der Waals surface area contributed by atoms with Gasteiger partial charge < -0.3 is 14.7 Å². The molecule has 5 rings (SSSR count). The molecular weight excluding hydrogens is 468 g/mol. The quantitative estimate of drug-likeness (QED) is 0.198. The van der Waals surface area contributed by atoms with E-state index in [9.17, 15) is 24.8 Å². The molecule has 4 heterocycles. The monoisotopic (exact) mass is 492 g/mol. The molecule has 2 aliphatic heterocycles. The van der Waals surface area contributed by atoms with Crippen LogP contribution in [0.25, 0.3) is 22.3 Å². The Kier molecular flexibility index (Phi) is 5.22. The minimum Gasteiger partial charge on any atom is -0.458 e. The molecule has 36 heavy (non-hydrogen) atoms. The van der Waals surface area contributed by atoms with Gasteiger partial charge >= 0.3 is 11.7 Å². The van der Waals surface area contributed by atoms with E-state index in [1.165, 1.54) is 17.7 Å². The molecular formula is C25H24N4O7. The van der Waals surface area contributed by atoms with E-state index >= 15 is 0 Å². The molecule has 3 aromatic rings. The number of nitro groups is 1. The van der Waals surface area contributed by atoms with Gasteiger partial charge in [-0.1, -0.05) is 30.3 Å². The van der Waals surface area contributed by atoms with Crippen molar-refractivity contribution in [3.63, 3.8) is 0 Å². The fraction of sp³-hybridized carbons (Fsp3) is 0.360. The number of aliphatic hydroxyl groups is 1. The van der Waals surface area contributed by atoms with Crippen molar-refractivity contribution < 1.29 is 24.4 Å². The number of ether oxygens (including phenoxy) is 1. The van der Waals surface area contributed by atoms with Crippen LogP contribution in [0.1, 0.15) is 56.4 Å². The van der Waals surface area contributed by atoms with Crippen LogP contribution in [0.3, 0.4) is 0 Å². The first-order valence-electron chi connectivity index (χ1n) is 11.5. The third kappa shape index (κ3) is 3.38. The molecule has 0 unspecified atom stereocenters. The van der Waals surface area contributed by atoms with Crippen molar-refractivity contribution in [2.24, 2.45) is 5.16 Å². The van der Waals surface area contributed by atoms with Crippen molar-refractivity contribution in [1.29, 1.82) is 0 Å². The Hall–Kier alpha value is -4.12. The Morgan fingerprint density at radius 1 is 1.31 bits per heavy atom. The summed E-state index contributed by atoms with van der Waals surface area (Å²) in [6.07, 6.45) is 1.31. The van der Waals surface area contributed by atoms with Gasteiger partial charge in [-0.05, 0) is 33.3 Å². The summed E-state index contributed by atoms with van der Waals surface area (Å²) in [6, 6.07) is 7.21. The zero-order valence-corrected chi connectivity index (χ0v) is 20.2. The van der Waals surface area contributed by atoms with Crippen LogP contribution >= 0.6 is 0 Å². The summed E-state index contributed by atoms with van der Waals surface area (Å²) in [7, 11) is 0. The summed E-state index contributed by atoms with van der Waals surface area (Å²) < 4.78 is 6.31. The standard InChI is InChI=1S/C25H24N4O7/c1-5-25(32)18-16(12-35-23(25)31)22(30)28-11-15-14(10-26-36-24(2,3)4)13-8-6-7-9-17(13)27-19(15)21(28)20(18)29(33)34/h6-10,32H,5,11-12H2,1-4H3/t25-/m0/s1. The summed E-state index contributed by atoms with van der Waals surface area (Å²) in [5, 5.41) is 28.5. The van der Waals surface area contributed by atoms with Gasteiger partial charge in [0.15, 0.2) is 5.60 Å². The predicted molar refractivity (Wildman–Crippen MR) is 130 cm³/mol. The van der Waals surface area contributed by atoms with Crippen molar-refractivity contribution in [3.8, 4) is 11.4 Å². The smallest absolute Gasteiger partial charge is 0.343 e. The highest BCUT2D eigenvalue weighted by Crippen LogP contribution is 2.46. The zero-order valence-electron chi connectivity index (χ0n) is 20.2. The van der Waals surface area contributed by atoms with Gasteiger partial charge in [-0.2, -0.15) is 0 Å². The number of para-hydroxylation sites is 1. The van der Waals surface area contributed by atoms with E-state index in [-0.39, 0.29) is 35.5 Å². The second-order valence-corrected chi connectivity index (χ2v) is 9.80. The second kappa shape index (κ2) is 7.95. The van der Waals surface area contributed by atoms with E-state index in [4.69, 9.17) is 9.57 Å². The van der Waals surface area contributed by atoms with Gasteiger partial charge in [-0.15, -0.1) is 0 Å². The number of aromatic nitrogens is 2. The van der Waals surface area contributed by atoms with E-state index in [0.717, 1.165) is 5.39 Å². The van der Waals surface area contributed by atoms with E-state index in [2.05, 4.69) is 10.1 Å². The lowest BCUT2D eigenvalue weighted by atomic mass is 9.84. The Labute approximate surface area is 205 Å². The van der Waals surface area contributed by atoms with Crippen LogP contribution in [0.5, 0.6) is 0 Å². The number of oxime groups is 1. The molecule has 2 aliphatic rings. The van der Waals surface area contributed by atoms with Crippen molar-refractivity contribution in [2.45, 2.75) is 58.5 Å². The zero-order chi connectivity index (χ0) is 26.0. The largest absolute Gasteiger partial charge is 0.458 e. The van der Waals surface area contributed by atoms with E-state index < -0.39 is 39.9 Å². The van der Waals surface area contributed by atoms with Gasteiger partial charge in [-0.3, -0.25) is 19.5 Å². The van der Waals surface area contributed by atoms with E-state index in [1.807, 2.05) is 32.9 Å². The normalized spacial score (nSPS) is 18.6. The molecule has 11 nitrogen and oxygen atoms in total. The molecule has 0 bridgehead atoms. The fourth-order valence-corrected chi connectivity index (χ4v) is 4.76. The molecule has 0 spiro atoms. The number of cyclic esters (lactones) is 1. The van der Waals surface area contributed by atoms with Crippen molar-refractivity contribution in [2.75, 3.05) is 0 Å². The molecule has 11 heteroatoms. The van der Waals surface area contributed by atoms with Crippen LogP contribution in [0.2, 0.25) is 0 Å². The molecule has 0 aliphatic carbocycles. The highest BCUT2D eigenvalue weighted by molar-refractivity contribution is 6.03. The average molecular weight is 492 g/mol. The highest BCUT2D eigenvalue weighted by atomic mass is 16.6. The maximum Gasteiger partial charge on any atom is 0.343 e. The molecule has 2 aromatic heterocycles. The molecule has 0 amide bonds. The maximum atomic E-state index is 13.6. The number of nitrogens with zero attached hydrogens (tertiary/aromatic N) is 4. The lowest BCUT2D eigenvalue weighted by Crippen LogP contribution is -2.45. The van der Waals surface area contributed by atoms with Crippen molar-refractivity contribution in [3.05, 3.63) is 67.0 Å². The summed E-state index contributed by atoms with van der Waals surface area (Å²) in [5.41, 5.74) is -2.57. The summed E-state index contributed by atoms with van der Waals surface area (Å²) >= 11 is 0. The van der Waals surface area contributed by atoms with Crippen LogP contribution in [-0.2, 0) is 33.1 Å². The Bertz CT molecular complexity index is 1550. The number of hydrogen-bond donors (Lipinski definition) is 1. The molecule has 0 fully saturated rings. The van der Waals surface area contributed by atoms with Crippen LogP contribution < -0.4 is 5.56 Å². The first kappa shape index (κ1) is 23.6. The highest BCUT2D eigenvalue weighted by Gasteiger charge is 2.52. The molecule has 1 atom stereocenters. The van der Waals surface area contributed by atoms with Gasteiger partial charge in [0.05, 0.1) is 34.3 Å². The molecule has 0 saturated heterocycles. The van der Waals surface area contributed by atoms with Crippen molar-refractivity contribution >= 4 is 28.8 Å². The molecule has 0 radical (unpaired) electrons. The van der Waals surface area contributed by atoms with E-state index in [0.29, 0.717) is 16.6 Å². The number of hydrogen-bond acceptors (Lipinski definition) is 9. The van der Waals surface area contributed by atoms with Gasteiger partial charge in [0, 0.05) is 16.5 Å². The van der Waals surface area contributed by atoms with Gasteiger partial charge in [0.25, 0.3) is 5.56 Å². The fourth-order valence-electron chi connectivity index (χ4n) is 4.76. The number of carbonyl (C=O) groups excluding carboxylic acids is 1. The first-order chi connectivity index (χ1) is 17.0. The Morgan fingerprint density at radius 3 is 2.69 bits per heavy atom. The lowest BCUT2D eigenvalue weighted by molar-refractivity contribution is -0.386. The minimum absolute atomic E-state index is 0.00910. The van der Waals surface area contributed by atoms with Gasteiger partial charge in [0.2, 0.25) is 0 Å². The summed E-state index contributed by atoms with van der Waals surface area (Å²) in [5.74, 6) is -1.03. The SMILES string of the molecule is CC[C@@]1(O)C(=O)OCc2c1c([N+](=O)[O-])c1n(c2=O)Cc2c-1nc1ccccc1c2C=NOC(C)(C)C. The summed E-state index contributed by atoms with van der Waals surface area (Å²) in [4.78, 5) is 48.1. The minimum atomic E-state index is -2.32. The van der Waals surface area contributed by atoms with Crippen LogP contribution in [0.15, 0.2) is 34.2 Å². The maximum absolute atomic E-state index is 13.6. The van der Waals surface area contributed by atoms with Gasteiger partial charge in [0.1, 0.15) is 23.6 Å². The first-order valence-corrected chi connectivity index (χ1v) is 11.5. The molecule has 1 N–H and O–H groups in total. The molecule has 186 valence electrons. The topological polar surface area (TPSA) is 146 Å². The Balaban J connectivity index is 1.87. The third-order valence-electron chi connectivity index (χ3n) is 6.42.